The molecule has 2 rings (SSSR count). The summed E-state index contributed by atoms with van der Waals surface area (Å²) in [6, 6.07) is 13.5. The van der Waals surface area contributed by atoms with Crippen molar-refractivity contribution >= 4 is 21.8 Å². The van der Waals surface area contributed by atoms with Crippen LogP contribution in [-0.4, -0.2) is 5.84 Å². The summed E-state index contributed by atoms with van der Waals surface area (Å²) in [6.45, 7) is 2.42. The summed E-state index contributed by atoms with van der Waals surface area (Å²) in [5.74, 6) is 0.855. The van der Waals surface area contributed by atoms with Gasteiger partial charge in [0.2, 0.25) is 0 Å². The minimum Gasteiger partial charge on any atom is -0.489 e. The standard InChI is InChI=1S/C15H15BrN2O/c1-10-8-12(6-7-13(10)15(17)18)19-9-11-4-2-3-5-14(11)16/h2-8H,9H2,1H3,(H3,17,18). The Labute approximate surface area is 121 Å². The highest BCUT2D eigenvalue weighted by Crippen LogP contribution is 2.21. The van der Waals surface area contributed by atoms with Crippen LogP contribution >= 0.6 is 15.9 Å². The van der Waals surface area contributed by atoms with Gasteiger partial charge in [0.1, 0.15) is 18.2 Å². The normalized spacial score (nSPS) is 10.2. The maximum absolute atomic E-state index is 7.44. The molecule has 3 N–H and O–H groups in total. The lowest BCUT2D eigenvalue weighted by molar-refractivity contribution is 0.305. The number of aryl methyl sites for hydroxylation is 1. The molecule has 0 aliphatic rings. The van der Waals surface area contributed by atoms with Gasteiger partial charge in [-0.05, 0) is 36.8 Å². The van der Waals surface area contributed by atoms with Gasteiger partial charge in [0, 0.05) is 15.6 Å². The van der Waals surface area contributed by atoms with Crippen molar-refractivity contribution in [3.05, 3.63) is 63.6 Å². The number of nitrogens with two attached hydrogens (primary N) is 1. The minimum absolute atomic E-state index is 0.0786. The van der Waals surface area contributed by atoms with Crippen LogP contribution in [0.3, 0.4) is 0 Å². The Balaban J connectivity index is 2.11. The molecule has 0 radical (unpaired) electrons. The number of amidine groups is 1. The van der Waals surface area contributed by atoms with E-state index in [0.717, 1.165) is 26.9 Å². The van der Waals surface area contributed by atoms with Gasteiger partial charge in [0.05, 0.1) is 0 Å². The van der Waals surface area contributed by atoms with Crippen LogP contribution in [0.25, 0.3) is 0 Å². The van der Waals surface area contributed by atoms with Crippen molar-refractivity contribution in [3.8, 4) is 5.75 Å². The van der Waals surface area contributed by atoms with E-state index >= 15 is 0 Å². The van der Waals surface area contributed by atoms with Crippen LogP contribution in [0.4, 0.5) is 0 Å². The van der Waals surface area contributed by atoms with E-state index < -0.39 is 0 Å². The first kappa shape index (κ1) is 13.6. The Morgan fingerprint density at radius 1 is 1.26 bits per heavy atom. The molecule has 0 amide bonds. The minimum atomic E-state index is 0.0786. The fraction of sp³-hybridized carbons (Fsp3) is 0.133. The van der Waals surface area contributed by atoms with Crippen molar-refractivity contribution < 1.29 is 4.74 Å². The zero-order valence-corrected chi connectivity index (χ0v) is 12.2. The van der Waals surface area contributed by atoms with Crippen molar-refractivity contribution in [2.24, 2.45) is 5.73 Å². The highest BCUT2D eigenvalue weighted by atomic mass is 79.9. The largest absolute Gasteiger partial charge is 0.489 e. The van der Waals surface area contributed by atoms with Crippen LogP contribution in [0.2, 0.25) is 0 Å². The quantitative estimate of drug-likeness (QED) is 0.668. The van der Waals surface area contributed by atoms with E-state index in [-0.39, 0.29) is 5.84 Å². The molecule has 0 heterocycles. The molecule has 2 aromatic rings. The molecule has 2 aromatic carbocycles. The third-order valence-electron chi connectivity index (χ3n) is 2.84. The molecule has 0 aliphatic carbocycles. The molecule has 0 unspecified atom stereocenters. The zero-order chi connectivity index (χ0) is 13.8. The molecule has 98 valence electrons. The summed E-state index contributed by atoms with van der Waals surface area (Å²) in [5, 5.41) is 7.44. The van der Waals surface area contributed by atoms with Gasteiger partial charge < -0.3 is 10.5 Å². The summed E-state index contributed by atoms with van der Waals surface area (Å²) in [7, 11) is 0. The molecule has 3 nitrogen and oxygen atoms in total. The highest BCUT2D eigenvalue weighted by Gasteiger charge is 2.04. The molecule has 0 saturated carbocycles. The molecular weight excluding hydrogens is 304 g/mol. The van der Waals surface area contributed by atoms with Crippen LogP contribution in [-0.2, 0) is 6.61 Å². The Bertz CT molecular complexity index is 611. The van der Waals surface area contributed by atoms with Gasteiger partial charge in [0.15, 0.2) is 0 Å². The number of nitrogen functional groups attached to an aromatic ring is 1. The second-order valence-corrected chi connectivity index (χ2v) is 5.12. The molecule has 4 heteroatoms. The summed E-state index contributed by atoms with van der Waals surface area (Å²) >= 11 is 3.49. The zero-order valence-electron chi connectivity index (χ0n) is 10.6. The van der Waals surface area contributed by atoms with Crippen LogP contribution in [0, 0.1) is 12.3 Å². The maximum Gasteiger partial charge on any atom is 0.123 e. The van der Waals surface area contributed by atoms with E-state index in [2.05, 4.69) is 15.9 Å². The summed E-state index contributed by atoms with van der Waals surface area (Å²) in [6.07, 6.45) is 0. The van der Waals surface area contributed by atoms with Gasteiger partial charge in [-0.15, -0.1) is 0 Å². The topological polar surface area (TPSA) is 59.1 Å². The first-order valence-electron chi connectivity index (χ1n) is 5.89. The number of nitrogens with one attached hydrogen (secondary N) is 1. The number of benzene rings is 2. The molecule has 19 heavy (non-hydrogen) atoms. The number of hydrogen-bond acceptors (Lipinski definition) is 2. The number of rotatable bonds is 4. The molecule has 0 aliphatic heterocycles. The smallest absolute Gasteiger partial charge is 0.123 e. The van der Waals surface area contributed by atoms with Crippen LogP contribution in [0.1, 0.15) is 16.7 Å². The molecule has 0 bridgehead atoms. The van der Waals surface area contributed by atoms with Crippen LogP contribution < -0.4 is 10.5 Å². The number of hydrogen-bond donors (Lipinski definition) is 2. The van der Waals surface area contributed by atoms with Gasteiger partial charge in [-0.3, -0.25) is 5.41 Å². The second kappa shape index (κ2) is 5.89. The Kier molecular flexibility index (Phi) is 4.22. The van der Waals surface area contributed by atoms with Gasteiger partial charge >= 0.3 is 0 Å². The van der Waals surface area contributed by atoms with E-state index in [1.807, 2.05) is 49.4 Å². The average Bonchev–Trinajstić information content (AvgIpc) is 2.37. The SMILES string of the molecule is Cc1cc(OCc2ccccc2Br)ccc1C(=N)N. The van der Waals surface area contributed by atoms with Crippen LogP contribution in [0.5, 0.6) is 5.75 Å². The van der Waals surface area contributed by atoms with Crippen molar-refractivity contribution in [2.75, 3.05) is 0 Å². The van der Waals surface area contributed by atoms with Gasteiger partial charge in [-0.2, -0.15) is 0 Å². The van der Waals surface area contributed by atoms with Crippen LogP contribution in [0.15, 0.2) is 46.9 Å². The van der Waals surface area contributed by atoms with Gasteiger partial charge in [-0.25, -0.2) is 0 Å². The average molecular weight is 319 g/mol. The third-order valence-corrected chi connectivity index (χ3v) is 3.61. The summed E-state index contributed by atoms with van der Waals surface area (Å²) < 4.78 is 6.78. The molecule has 0 spiro atoms. The van der Waals surface area contributed by atoms with Gasteiger partial charge in [-0.1, -0.05) is 34.1 Å². The second-order valence-electron chi connectivity index (χ2n) is 4.27. The lowest BCUT2D eigenvalue weighted by Crippen LogP contribution is -2.12. The van der Waals surface area contributed by atoms with E-state index in [0.29, 0.717) is 6.61 Å². The first-order valence-corrected chi connectivity index (χ1v) is 6.68. The summed E-state index contributed by atoms with van der Waals surface area (Å²) in [5.41, 5.74) is 8.26. The Morgan fingerprint density at radius 3 is 2.63 bits per heavy atom. The lowest BCUT2D eigenvalue weighted by atomic mass is 10.1. The molecule has 0 atom stereocenters. The summed E-state index contributed by atoms with van der Waals surface area (Å²) in [4.78, 5) is 0. The monoisotopic (exact) mass is 318 g/mol. The Hall–Kier alpha value is -1.81. The molecule has 0 aromatic heterocycles. The van der Waals surface area contributed by atoms with Gasteiger partial charge in [0.25, 0.3) is 0 Å². The number of halogens is 1. The third kappa shape index (κ3) is 3.35. The van der Waals surface area contributed by atoms with Crippen molar-refractivity contribution in [3.63, 3.8) is 0 Å². The van der Waals surface area contributed by atoms with E-state index in [1.54, 1.807) is 0 Å². The fourth-order valence-electron chi connectivity index (χ4n) is 1.80. The molecule has 0 saturated heterocycles. The molecular formula is C15H15BrN2O. The van der Waals surface area contributed by atoms with Crippen molar-refractivity contribution in [2.45, 2.75) is 13.5 Å². The first-order chi connectivity index (χ1) is 9.08. The van der Waals surface area contributed by atoms with E-state index in [4.69, 9.17) is 15.9 Å². The Morgan fingerprint density at radius 2 is 2.00 bits per heavy atom. The van der Waals surface area contributed by atoms with Crippen molar-refractivity contribution in [1.29, 1.82) is 5.41 Å². The molecule has 0 fully saturated rings. The predicted octanol–water partition coefficient (Wildman–Crippen LogP) is 3.62. The van der Waals surface area contributed by atoms with E-state index in [9.17, 15) is 0 Å². The lowest BCUT2D eigenvalue weighted by Gasteiger charge is -2.10. The van der Waals surface area contributed by atoms with Crippen molar-refractivity contribution in [1.82, 2.24) is 0 Å². The van der Waals surface area contributed by atoms with E-state index in [1.165, 1.54) is 0 Å². The fourth-order valence-corrected chi connectivity index (χ4v) is 2.20. The highest BCUT2D eigenvalue weighted by molar-refractivity contribution is 9.10. The number of ether oxygens (including phenoxy) is 1. The maximum atomic E-state index is 7.44. The predicted molar refractivity (Wildman–Crippen MR) is 80.7 cm³/mol.